The van der Waals surface area contributed by atoms with Crippen molar-refractivity contribution in [1.82, 2.24) is 5.32 Å². The quantitative estimate of drug-likeness (QED) is 0.333. The number of hydrogen-bond donors (Lipinski definition) is 2. The number of hydrogen-bond acceptors (Lipinski definition) is 5. The zero-order valence-corrected chi connectivity index (χ0v) is 21.8. The van der Waals surface area contributed by atoms with Gasteiger partial charge in [-0.25, -0.2) is 4.79 Å². The number of anilines is 1. The fourth-order valence-electron chi connectivity index (χ4n) is 3.40. The van der Waals surface area contributed by atoms with Crippen LogP contribution in [0.5, 0.6) is 0 Å². The molecule has 1 heterocycles. The van der Waals surface area contributed by atoms with Gasteiger partial charge in [0, 0.05) is 17.7 Å². The van der Waals surface area contributed by atoms with Crippen molar-refractivity contribution in [2.24, 2.45) is 5.92 Å². The van der Waals surface area contributed by atoms with Crippen LogP contribution in [0, 0.1) is 5.92 Å². The SMILES string of the molecule is C[C@@H](O[Si](C)(C)C(C)(C)C)[C@H]1C(=O)N[C@@H]1CC(=O)c1cccc(NC(=O)OC(C)(C)C)c1. The number of Topliss-reactive ketones (excluding diaryl/α,β-unsaturated/α-hetero) is 1. The normalized spacial score (nSPS) is 20.1. The van der Waals surface area contributed by atoms with Crippen LogP contribution in [0.1, 0.15) is 65.2 Å². The van der Waals surface area contributed by atoms with Gasteiger partial charge in [-0.1, -0.05) is 32.9 Å². The minimum Gasteiger partial charge on any atom is -0.444 e. The molecule has 0 saturated carbocycles. The van der Waals surface area contributed by atoms with Crippen molar-refractivity contribution in [2.45, 2.75) is 90.8 Å². The maximum atomic E-state index is 12.9. The molecule has 0 radical (unpaired) electrons. The lowest BCUT2D eigenvalue weighted by Crippen LogP contribution is -2.64. The highest BCUT2D eigenvalue weighted by molar-refractivity contribution is 6.74. The Balaban J connectivity index is 2.03. The van der Waals surface area contributed by atoms with Crippen molar-refractivity contribution < 1.29 is 23.5 Å². The highest BCUT2D eigenvalue weighted by Crippen LogP contribution is 2.39. The average Bonchev–Trinajstić information content (AvgIpc) is 2.57. The summed E-state index contributed by atoms with van der Waals surface area (Å²) < 4.78 is 11.7. The average molecular weight is 463 g/mol. The van der Waals surface area contributed by atoms with Gasteiger partial charge < -0.3 is 14.5 Å². The third-order valence-corrected chi connectivity index (χ3v) is 10.7. The molecule has 7 nitrogen and oxygen atoms in total. The summed E-state index contributed by atoms with van der Waals surface area (Å²) in [6.45, 7) is 18.1. The number of nitrogens with one attached hydrogen (secondary N) is 2. The van der Waals surface area contributed by atoms with Crippen LogP contribution >= 0.6 is 0 Å². The first-order chi connectivity index (χ1) is 14.5. The number of ether oxygens (including phenoxy) is 1. The van der Waals surface area contributed by atoms with Crippen LogP contribution in [0.4, 0.5) is 10.5 Å². The number of rotatable bonds is 7. The van der Waals surface area contributed by atoms with E-state index in [1.165, 1.54) is 0 Å². The van der Waals surface area contributed by atoms with E-state index in [1.807, 2.05) is 6.92 Å². The number of carbonyl (C=O) groups excluding carboxylic acids is 3. The van der Waals surface area contributed by atoms with Crippen molar-refractivity contribution in [1.29, 1.82) is 0 Å². The van der Waals surface area contributed by atoms with Crippen LogP contribution in [-0.4, -0.2) is 43.8 Å². The van der Waals surface area contributed by atoms with E-state index in [-0.39, 0.29) is 41.2 Å². The minimum atomic E-state index is -2.03. The Kier molecular flexibility index (Phi) is 7.62. The minimum absolute atomic E-state index is 0.0361. The van der Waals surface area contributed by atoms with Crippen LogP contribution in [0.25, 0.3) is 0 Å². The van der Waals surface area contributed by atoms with Crippen molar-refractivity contribution in [2.75, 3.05) is 5.32 Å². The van der Waals surface area contributed by atoms with E-state index in [1.54, 1.807) is 45.0 Å². The Labute approximate surface area is 192 Å². The van der Waals surface area contributed by atoms with Gasteiger partial charge in [0.1, 0.15) is 5.60 Å². The molecular weight excluding hydrogens is 424 g/mol. The van der Waals surface area contributed by atoms with Gasteiger partial charge in [0.25, 0.3) is 0 Å². The summed E-state index contributed by atoms with van der Waals surface area (Å²) >= 11 is 0. The number of benzene rings is 1. The summed E-state index contributed by atoms with van der Waals surface area (Å²) in [7, 11) is -2.03. The van der Waals surface area contributed by atoms with Gasteiger partial charge in [-0.2, -0.15) is 0 Å². The maximum absolute atomic E-state index is 12.9. The summed E-state index contributed by atoms with van der Waals surface area (Å²) in [5.74, 6) is -0.530. The third-order valence-electron chi connectivity index (χ3n) is 6.09. The van der Waals surface area contributed by atoms with Crippen LogP contribution in [-0.2, 0) is 14.0 Å². The van der Waals surface area contributed by atoms with Crippen molar-refractivity contribution >= 4 is 31.8 Å². The van der Waals surface area contributed by atoms with Crippen molar-refractivity contribution in [3.05, 3.63) is 29.8 Å². The molecule has 0 bridgehead atoms. The molecule has 2 amide bonds. The molecule has 1 aromatic carbocycles. The lowest BCUT2D eigenvalue weighted by Gasteiger charge is -2.45. The lowest BCUT2D eigenvalue weighted by atomic mass is 9.82. The topological polar surface area (TPSA) is 93.7 Å². The summed E-state index contributed by atoms with van der Waals surface area (Å²) in [6, 6.07) is 6.46. The predicted molar refractivity (Wildman–Crippen MR) is 128 cm³/mol. The van der Waals surface area contributed by atoms with Crippen LogP contribution in [0.3, 0.4) is 0 Å². The zero-order valence-electron chi connectivity index (χ0n) is 20.8. The number of carbonyl (C=O) groups is 3. The molecule has 1 aliphatic heterocycles. The van der Waals surface area contributed by atoms with Gasteiger partial charge in [0.2, 0.25) is 5.91 Å². The van der Waals surface area contributed by atoms with Gasteiger partial charge in [0.05, 0.1) is 18.1 Å². The van der Waals surface area contributed by atoms with Crippen molar-refractivity contribution in [3.63, 3.8) is 0 Å². The first-order valence-corrected chi connectivity index (χ1v) is 14.0. The molecule has 32 heavy (non-hydrogen) atoms. The zero-order chi connectivity index (χ0) is 24.5. The Hall–Kier alpha value is -2.19. The Morgan fingerprint density at radius 3 is 2.31 bits per heavy atom. The summed E-state index contributed by atoms with van der Waals surface area (Å²) in [6.07, 6.45) is -0.662. The first kappa shape index (κ1) is 26.1. The second-order valence-corrected chi connectivity index (χ2v) is 15.8. The lowest BCUT2D eigenvalue weighted by molar-refractivity contribution is -0.139. The van der Waals surface area contributed by atoms with Crippen molar-refractivity contribution in [3.8, 4) is 0 Å². The molecule has 3 atom stereocenters. The van der Waals surface area contributed by atoms with E-state index >= 15 is 0 Å². The molecule has 2 N–H and O–H groups in total. The van der Waals surface area contributed by atoms with E-state index < -0.39 is 20.0 Å². The molecule has 1 aliphatic rings. The van der Waals surface area contributed by atoms with Gasteiger partial charge in [0.15, 0.2) is 14.1 Å². The molecule has 0 spiro atoms. The predicted octanol–water partition coefficient (Wildman–Crippen LogP) is 5.13. The molecule has 178 valence electrons. The Morgan fingerprint density at radius 2 is 1.78 bits per heavy atom. The van der Waals surface area contributed by atoms with Gasteiger partial charge in [-0.15, -0.1) is 0 Å². The fourth-order valence-corrected chi connectivity index (χ4v) is 4.83. The monoisotopic (exact) mass is 462 g/mol. The standard InChI is InChI=1S/C24H38N2O5Si/c1-15(31-32(8,9)24(5,6)7)20-18(26-21(20)28)14-19(27)16-11-10-12-17(13-16)25-22(29)30-23(2,3)4/h10-13,15,18,20H,14H2,1-9H3,(H,25,29)(H,26,28)/t15-,18-,20-/m1/s1. The Bertz CT molecular complexity index is 870. The summed E-state index contributed by atoms with van der Waals surface area (Å²) in [5.41, 5.74) is 0.336. The second-order valence-electron chi connectivity index (χ2n) is 11.1. The molecule has 2 rings (SSSR count). The Morgan fingerprint density at radius 1 is 1.16 bits per heavy atom. The first-order valence-electron chi connectivity index (χ1n) is 11.1. The summed E-state index contributed by atoms with van der Waals surface area (Å²) in [5, 5.41) is 5.54. The molecule has 8 heteroatoms. The molecule has 0 aromatic heterocycles. The highest BCUT2D eigenvalue weighted by atomic mass is 28.4. The third kappa shape index (κ3) is 6.65. The number of ketones is 1. The maximum Gasteiger partial charge on any atom is 0.412 e. The van der Waals surface area contributed by atoms with Gasteiger partial charge in [-0.05, 0) is 58.0 Å². The molecule has 0 aliphatic carbocycles. The summed E-state index contributed by atoms with van der Waals surface area (Å²) in [4.78, 5) is 37.2. The molecule has 1 fully saturated rings. The van der Waals surface area contributed by atoms with E-state index in [9.17, 15) is 14.4 Å². The van der Waals surface area contributed by atoms with Crippen LogP contribution < -0.4 is 10.6 Å². The molecular formula is C24H38N2O5Si. The molecule has 1 aromatic rings. The van der Waals surface area contributed by atoms with E-state index in [4.69, 9.17) is 9.16 Å². The van der Waals surface area contributed by atoms with Gasteiger partial charge in [-0.3, -0.25) is 14.9 Å². The van der Waals surface area contributed by atoms with E-state index in [2.05, 4.69) is 44.5 Å². The van der Waals surface area contributed by atoms with Gasteiger partial charge >= 0.3 is 6.09 Å². The van der Waals surface area contributed by atoms with E-state index in [0.717, 1.165) is 0 Å². The fraction of sp³-hybridized carbons (Fsp3) is 0.625. The molecule has 1 saturated heterocycles. The van der Waals surface area contributed by atoms with Crippen LogP contribution in [0.2, 0.25) is 18.1 Å². The number of amides is 2. The van der Waals surface area contributed by atoms with E-state index in [0.29, 0.717) is 11.3 Å². The van der Waals surface area contributed by atoms with Crippen LogP contribution in [0.15, 0.2) is 24.3 Å². The second kappa shape index (κ2) is 9.35. The number of β-lactam (4-membered cyclic amide) rings is 1. The molecule has 0 unspecified atom stereocenters. The smallest absolute Gasteiger partial charge is 0.412 e. The highest BCUT2D eigenvalue weighted by Gasteiger charge is 2.47. The largest absolute Gasteiger partial charge is 0.444 e.